The fourth-order valence-corrected chi connectivity index (χ4v) is 3.95. The normalized spacial score (nSPS) is 14.6. The molecule has 0 fully saturated rings. The molecule has 0 spiro atoms. The van der Waals surface area contributed by atoms with Crippen LogP contribution in [0.3, 0.4) is 0 Å². The lowest BCUT2D eigenvalue weighted by atomic mass is 9.84. The van der Waals surface area contributed by atoms with E-state index in [0.717, 1.165) is 31.9 Å². The van der Waals surface area contributed by atoms with Crippen LogP contribution in [0.1, 0.15) is 16.7 Å². The summed E-state index contributed by atoms with van der Waals surface area (Å²) in [6.07, 6.45) is 0.464. The number of carbonyl (C=O) groups excluding carboxylic acids is 2. The number of hydrogen-bond donors (Lipinski definition) is 0. The van der Waals surface area contributed by atoms with E-state index in [4.69, 9.17) is 0 Å². The van der Waals surface area contributed by atoms with Crippen molar-refractivity contribution < 1.29 is 9.59 Å². The van der Waals surface area contributed by atoms with Crippen LogP contribution < -0.4 is 0 Å². The molecule has 22 heavy (non-hydrogen) atoms. The molecule has 3 aromatic rings. The van der Waals surface area contributed by atoms with Crippen molar-refractivity contribution in [2.75, 3.05) is 0 Å². The minimum Gasteiger partial charge on any atom is -0.291 e. The quantitative estimate of drug-likeness (QED) is 0.446. The van der Waals surface area contributed by atoms with E-state index < -0.39 is 0 Å². The standard InChI is InChI=1S/C19H13BrO2/c1-10-7-15-12(3-2-4-16(15)20)13-6-5-11-8-17(21)18(22)9-14(11)19(10)13/h2-7H,8-9H2,1H3. The summed E-state index contributed by atoms with van der Waals surface area (Å²) >= 11 is 3.61. The molecule has 1 aliphatic carbocycles. The van der Waals surface area contributed by atoms with Crippen molar-refractivity contribution in [1.82, 2.24) is 0 Å². The van der Waals surface area contributed by atoms with Gasteiger partial charge in [0.05, 0.1) is 0 Å². The van der Waals surface area contributed by atoms with Crippen LogP contribution in [0.15, 0.2) is 40.9 Å². The van der Waals surface area contributed by atoms with Crippen LogP contribution in [-0.4, -0.2) is 11.6 Å². The molecule has 0 aromatic heterocycles. The minimum atomic E-state index is -0.270. The first-order valence-corrected chi connectivity index (χ1v) is 8.04. The number of rotatable bonds is 0. The summed E-state index contributed by atoms with van der Waals surface area (Å²) in [5, 5.41) is 4.62. The Bertz CT molecular complexity index is 986. The van der Waals surface area contributed by atoms with Gasteiger partial charge in [-0.2, -0.15) is 0 Å². The first kappa shape index (κ1) is 13.6. The fraction of sp³-hybridized carbons (Fsp3) is 0.158. The van der Waals surface area contributed by atoms with Gasteiger partial charge in [0.2, 0.25) is 11.6 Å². The molecular weight excluding hydrogens is 340 g/mol. The van der Waals surface area contributed by atoms with Gasteiger partial charge in [-0.05, 0) is 57.3 Å². The zero-order valence-electron chi connectivity index (χ0n) is 12.1. The smallest absolute Gasteiger partial charge is 0.203 e. The monoisotopic (exact) mass is 352 g/mol. The second-order valence-electron chi connectivity index (χ2n) is 5.85. The highest BCUT2D eigenvalue weighted by molar-refractivity contribution is 9.10. The lowest BCUT2D eigenvalue weighted by Crippen LogP contribution is -2.25. The van der Waals surface area contributed by atoms with E-state index in [2.05, 4.69) is 41.1 Å². The number of aryl methyl sites for hydroxylation is 1. The zero-order valence-corrected chi connectivity index (χ0v) is 13.7. The van der Waals surface area contributed by atoms with Gasteiger partial charge in [-0.15, -0.1) is 0 Å². The molecular formula is C19H13BrO2. The largest absolute Gasteiger partial charge is 0.291 e. The van der Waals surface area contributed by atoms with Crippen molar-refractivity contribution in [2.24, 2.45) is 0 Å². The molecule has 108 valence electrons. The van der Waals surface area contributed by atoms with Gasteiger partial charge in [0.25, 0.3) is 0 Å². The molecule has 1 aliphatic rings. The molecule has 2 nitrogen and oxygen atoms in total. The summed E-state index contributed by atoms with van der Waals surface area (Å²) in [6.45, 7) is 2.07. The Kier molecular flexibility index (Phi) is 2.95. The first-order valence-electron chi connectivity index (χ1n) is 7.24. The maximum absolute atomic E-state index is 11.9. The molecule has 0 amide bonds. The van der Waals surface area contributed by atoms with Crippen LogP contribution in [0, 0.1) is 6.92 Å². The maximum Gasteiger partial charge on any atom is 0.203 e. The van der Waals surface area contributed by atoms with E-state index >= 15 is 0 Å². The summed E-state index contributed by atoms with van der Waals surface area (Å²) < 4.78 is 1.07. The van der Waals surface area contributed by atoms with Gasteiger partial charge >= 0.3 is 0 Å². The van der Waals surface area contributed by atoms with Crippen molar-refractivity contribution in [2.45, 2.75) is 19.8 Å². The van der Waals surface area contributed by atoms with Crippen LogP contribution in [0.2, 0.25) is 0 Å². The van der Waals surface area contributed by atoms with Gasteiger partial charge in [-0.25, -0.2) is 0 Å². The van der Waals surface area contributed by atoms with E-state index in [1.54, 1.807) is 0 Å². The molecule has 0 atom stereocenters. The lowest BCUT2D eigenvalue weighted by Gasteiger charge is -2.19. The predicted octanol–water partition coefficient (Wildman–Crippen LogP) is 4.30. The van der Waals surface area contributed by atoms with Crippen LogP contribution in [0.4, 0.5) is 0 Å². The highest BCUT2D eigenvalue weighted by atomic mass is 79.9. The summed E-state index contributed by atoms with van der Waals surface area (Å²) in [5.41, 5.74) is 3.17. The Morgan fingerprint density at radius 2 is 1.68 bits per heavy atom. The second kappa shape index (κ2) is 4.75. The molecule has 0 N–H and O–H groups in total. The van der Waals surface area contributed by atoms with Crippen LogP contribution in [0.25, 0.3) is 21.5 Å². The highest BCUT2D eigenvalue weighted by Crippen LogP contribution is 2.36. The molecule has 0 heterocycles. The molecule has 3 heteroatoms. The predicted molar refractivity (Wildman–Crippen MR) is 91.3 cm³/mol. The van der Waals surface area contributed by atoms with E-state index in [-0.39, 0.29) is 24.4 Å². The van der Waals surface area contributed by atoms with E-state index in [1.165, 1.54) is 10.8 Å². The molecule has 0 saturated heterocycles. The number of halogens is 1. The second-order valence-corrected chi connectivity index (χ2v) is 6.71. The topological polar surface area (TPSA) is 34.1 Å². The van der Waals surface area contributed by atoms with Gasteiger partial charge in [-0.3, -0.25) is 9.59 Å². The SMILES string of the molecule is Cc1cc2c(Br)cccc2c2ccc3c(c12)CC(=O)C(=O)C3. The Labute approximate surface area is 136 Å². The van der Waals surface area contributed by atoms with Crippen LogP contribution in [0.5, 0.6) is 0 Å². The number of fused-ring (bicyclic) bond motifs is 5. The average molecular weight is 353 g/mol. The van der Waals surface area contributed by atoms with E-state index in [9.17, 15) is 9.59 Å². The summed E-state index contributed by atoms with van der Waals surface area (Å²) in [4.78, 5) is 23.6. The summed E-state index contributed by atoms with van der Waals surface area (Å²) in [7, 11) is 0. The Morgan fingerprint density at radius 3 is 2.50 bits per heavy atom. The van der Waals surface area contributed by atoms with E-state index in [0.29, 0.717) is 0 Å². The van der Waals surface area contributed by atoms with E-state index in [1.807, 2.05) is 18.2 Å². The van der Waals surface area contributed by atoms with Crippen molar-refractivity contribution in [3.05, 3.63) is 57.6 Å². The number of benzene rings is 3. The molecule has 0 aliphatic heterocycles. The van der Waals surface area contributed by atoms with Gasteiger partial charge in [0, 0.05) is 17.3 Å². The summed E-state index contributed by atoms with van der Waals surface area (Å²) in [5.74, 6) is -0.540. The Hall–Kier alpha value is -2.00. The molecule has 0 bridgehead atoms. The minimum absolute atomic E-state index is 0.228. The van der Waals surface area contributed by atoms with Crippen LogP contribution in [-0.2, 0) is 22.4 Å². The molecule has 0 radical (unpaired) electrons. The van der Waals surface area contributed by atoms with Gasteiger partial charge in [-0.1, -0.05) is 40.2 Å². The van der Waals surface area contributed by atoms with Gasteiger partial charge < -0.3 is 0 Å². The first-order chi connectivity index (χ1) is 10.6. The zero-order chi connectivity index (χ0) is 15.4. The number of Topliss-reactive ketones (excluding diaryl/α,β-unsaturated/α-hetero) is 2. The van der Waals surface area contributed by atoms with Crippen molar-refractivity contribution in [3.63, 3.8) is 0 Å². The number of ketones is 2. The molecule has 0 unspecified atom stereocenters. The van der Waals surface area contributed by atoms with Gasteiger partial charge in [0.15, 0.2) is 0 Å². The van der Waals surface area contributed by atoms with Crippen molar-refractivity contribution in [3.8, 4) is 0 Å². The molecule has 0 saturated carbocycles. The van der Waals surface area contributed by atoms with Crippen molar-refractivity contribution >= 4 is 49.0 Å². The summed E-state index contributed by atoms with van der Waals surface area (Å²) in [6, 6.07) is 12.4. The molecule has 4 rings (SSSR count). The van der Waals surface area contributed by atoms with Crippen molar-refractivity contribution in [1.29, 1.82) is 0 Å². The third-order valence-electron chi connectivity index (χ3n) is 4.51. The third-order valence-corrected chi connectivity index (χ3v) is 5.20. The third kappa shape index (κ3) is 1.85. The Balaban J connectivity index is 2.17. The number of hydrogen-bond acceptors (Lipinski definition) is 2. The van der Waals surface area contributed by atoms with Gasteiger partial charge in [0.1, 0.15) is 0 Å². The average Bonchev–Trinajstić information content (AvgIpc) is 2.49. The number of carbonyl (C=O) groups is 2. The molecule has 3 aromatic carbocycles. The maximum atomic E-state index is 11.9. The highest BCUT2D eigenvalue weighted by Gasteiger charge is 2.26. The van der Waals surface area contributed by atoms with Crippen LogP contribution >= 0.6 is 15.9 Å². The lowest BCUT2D eigenvalue weighted by molar-refractivity contribution is -0.136. The fourth-order valence-electron chi connectivity index (χ4n) is 3.47. The Morgan fingerprint density at radius 1 is 0.909 bits per heavy atom.